The molecular formula is C29H48N2O3. The van der Waals surface area contributed by atoms with Crippen molar-refractivity contribution in [1.82, 2.24) is 10.6 Å². The van der Waals surface area contributed by atoms with Crippen LogP contribution in [0.5, 0.6) is 0 Å². The number of unbranched alkanes of at least 4 members (excludes halogenated alkanes) is 1. The van der Waals surface area contributed by atoms with Crippen molar-refractivity contribution in [3.05, 3.63) is 35.9 Å². The highest BCUT2D eigenvalue weighted by molar-refractivity contribution is 5.79. The van der Waals surface area contributed by atoms with E-state index in [2.05, 4.69) is 10.6 Å². The Hall–Kier alpha value is -1.43. The van der Waals surface area contributed by atoms with E-state index < -0.39 is 5.60 Å². The van der Waals surface area contributed by atoms with Crippen molar-refractivity contribution in [3.63, 3.8) is 0 Å². The molecule has 1 aromatic rings. The Kier molecular flexibility index (Phi) is 11.4. The first-order valence-corrected chi connectivity index (χ1v) is 13.8. The lowest BCUT2D eigenvalue weighted by molar-refractivity contribution is -0.129. The van der Waals surface area contributed by atoms with Crippen molar-refractivity contribution in [1.29, 1.82) is 0 Å². The maximum absolute atomic E-state index is 13.4. The number of hydrogen-bond donors (Lipinski definition) is 3. The number of benzene rings is 1. The van der Waals surface area contributed by atoms with Crippen molar-refractivity contribution in [3.8, 4) is 0 Å². The minimum atomic E-state index is -0.888. The average molecular weight is 473 g/mol. The molecule has 1 amide bonds. The predicted molar refractivity (Wildman–Crippen MR) is 139 cm³/mol. The van der Waals surface area contributed by atoms with Gasteiger partial charge in [0.1, 0.15) is 0 Å². The number of amides is 1. The molecule has 5 heteroatoms. The molecule has 192 valence electrons. The first-order valence-electron chi connectivity index (χ1n) is 13.8. The molecule has 3 N–H and O–H groups in total. The van der Waals surface area contributed by atoms with E-state index >= 15 is 0 Å². The summed E-state index contributed by atoms with van der Waals surface area (Å²) < 4.78 is 5.23. The van der Waals surface area contributed by atoms with Gasteiger partial charge >= 0.3 is 0 Å². The molecule has 2 aliphatic rings. The molecule has 2 fully saturated rings. The van der Waals surface area contributed by atoms with Crippen LogP contribution >= 0.6 is 0 Å². The summed E-state index contributed by atoms with van der Waals surface area (Å²) in [5.41, 5.74) is 0.101. The third-order valence-corrected chi connectivity index (χ3v) is 8.29. The van der Waals surface area contributed by atoms with Crippen LogP contribution in [0.1, 0.15) is 89.0 Å². The highest BCUT2D eigenvalue weighted by atomic mass is 16.5. The summed E-state index contributed by atoms with van der Waals surface area (Å²) in [5, 5.41) is 18.7. The maximum atomic E-state index is 13.4. The van der Waals surface area contributed by atoms with Crippen molar-refractivity contribution in [2.45, 2.75) is 95.1 Å². The van der Waals surface area contributed by atoms with Crippen LogP contribution in [0, 0.1) is 17.8 Å². The molecule has 0 spiro atoms. The van der Waals surface area contributed by atoms with Gasteiger partial charge in [-0.15, -0.1) is 0 Å². The van der Waals surface area contributed by atoms with Crippen LogP contribution in [0.4, 0.5) is 0 Å². The van der Waals surface area contributed by atoms with Crippen LogP contribution in [-0.2, 0) is 15.1 Å². The van der Waals surface area contributed by atoms with Crippen LogP contribution in [-0.4, -0.2) is 44.4 Å². The molecule has 2 aliphatic carbocycles. The van der Waals surface area contributed by atoms with Gasteiger partial charge in [0, 0.05) is 32.2 Å². The highest BCUT2D eigenvalue weighted by Crippen LogP contribution is 2.44. The van der Waals surface area contributed by atoms with E-state index in [-0.39, 0.29) is 23.8 Å². The van der Waals surface area contributed by atoms with Gasteiger partial charge in [0.25, 0.3) is 0 Å². The van der Waals surface area contributed by atoms with Crippen molar-refractivity contribution in [2.75, 3.05) is 27.3 Å². The van der Waals surface area contributed by atoms with E-state index in [9.17, 15) is 9.90 Å². The Morgan fingerprint density at radius 1 is 1.09 bits per heavy atom. The molecule has 0 saturated heterocycles. The summed E-state index contributed by atoms with van der Waals surface area (Å²) in [6, 6.07) is 10.3. The molecule has 2 saturated carbocycles. The number of methoxy groups -OCH3 is 1. The number of rotatable bonds is 13. The Labute approximate surface area is 207 Å². The quantitative estimate of drug-likeness (QED) is 0.346. The van der Waals surface area contributed by atoms with Gasteiger partial charge in [0.2, 0.25) is 5.91 Å². The van der Waals surface area contributed by atoms with E-state index in [4.69, 9.17) is 4.74 Å². The largest absolute Gasteiger partial charge is 0.385 e. The molecule has 0 aliphatic heterocycles. The average Bonchev–Trinajstić information content (AvgIpc) is 2.88. The fraction of sp³-hybridized carbons (Fsp3) is 0.759. The van der Waals surface area contributed by atoms with Gasteiger partial charge in [-0.1, -0.05) is 68.9 Å². The normalized spacial score (nSPS) is 24.3. The Bertz CT molecular complexity index is 707. The van der Waals surface area contributed by atoms with Crippen LogP contribution < -0.4 is 10.6 Å². The van der Waals surface area contributed by atoms with Gasteiger partial charge in [-0.05, 0) is 69.4 Å². The summed E-state index contributed by atoms with van der Waals surface area (Å²) in [4.78, 5) is 13.4. The molecule has 3 rings (SSSR count). The first-order chi connectivity index (χ1) is 16.6. The smallest absolute Gasteiger partial charge is 0.223 e. The van der Waals surface area contributed by atoms with Crippen molar-refractivity contribution < 1.29 is 14.6 Å². The summed E-state index contributed by atoms with van der Waals surface area (Å²) in [6.45, 7) is 1.54. The molecule has 0 radical (unpaired) electrons. The highest BCUT2D eigenvalue weighted by Gasteiger charge is 2.42. The SMILES string of the molecule is CNCC(CC1CCCCC1)NC(=O)C1CCCC(C(O)(CCCCOC)c2ccccc2)C1. The van der Waals surface area contributed by atoms with Crippen LogP contribution in [0.15, 0.2) is 30.3 Å². The topological polar surface area (TPSA) is 70.6 Å². The molecule has 34 heavy (non-hydrogen) atoms. The number of carbonyl (C=O) groups is 1. The number of hydrogen-bond acceptors (Lipinski definition) is 4. The van der Waals surface area contributed by atoms with Crippen LogP contribution in [0.3, 0.4) is 0 Å². The summed E-state index contributed by atoms with van der Waals surface area (Å²) >= 11 is 0. The zero-order valence-electron chi connectivity index (χ0n) is 21.6. The van der Waals surface area contributed by atoms with Crippen molar-refractivity contribution >= 4 is 5.91 Å². The zero-order chi connectivity index (χ0) is 24.2. The summed E-state index contributed by atoms with van der Waals surface area (Å²) in [5.74, 6) is 1.01. The number of aliphatic hydroxyl groups is 1. The molecule has 4 atom stereocenters. The van der Waals surface area contributed by atoms with Gasteiger partial charge in [0.15, 0.2) is 0 Å². The number of nitrogens with one attached hydrogen (secondary N) is 2. The zero-order valence-corrected chi connectivity index (χ0v) is 21.6. The van der Waals surface area contributed by atoms with Crippen LogP contribution in [0.2, 0.25) is 0 Å². The monoisotopic (exact) mass is 472 g/mol. The number of ether oxygens (including phenoxy) is 1. The van der Waals surface area contributed by atoms with Crippen molar-refractivity contribution in [2.24, 2.45) is 17.8 Å². The van der Waals surface area contributed by atoms with E-state index in [1.54, 1.807) is 7.11 Å². The second kappa shape index (κ2) is 14.2. The molecule has 0 aromatic heterocycles. The van der Waals surface area contributed by atoms with Crippen LogP contribution in [0.25, 0.3) is 0 Å². The third kappa shape index (κ3) is 7.79. The predicted octanol–water partition coefficient (Wildman–Crippen LogP) is 5.17. The molecule has 1 aromatic carbocycles. The lowest BCUT2D eigenvalue weighted by atomic mass is 9.68. The summed E-state index contributed by atoms with van der Waals surface area (Å²) in [6.07, 6.45) is 13.9. The van der Waals surface area contributed by atoms with E-state index in [0.717, 1.165) is 63.0 Å². The van der Waals surface area contributed by atoms with Gasteiger partial charge in [-0.25, -0.2) is 0 Å². The Morgan fingerprint density at radius 2 is 1.85 bits per heavy atom. The lowest BCUT2D eigenvalue weighted by Gasteiger charge is -2.41. The molecule has 4 unspecified atom stereocenters. The van der Waals surface area contributed by atoms with Gasteiger partial charge in [0.05, 0.1) is 5.60 Å². The van der Waals surface area contributed by atoms with E-state index in [0.29, 0.717) is 13.0 Å². The first kappa shape index (κ1) is 27.2. The molecule has 5 nitrogen and oxygen atoms in total. The van der Waals surface area contributed by atoms with Gasteiger partial charge in [-0.3, -0.25) is 4.79 Å². The molecular weight excluding hydrogens is 424 g/mol. The summed E-state index contributed by atoms with van der Waals surface area (Å²) in [7, 11) is 3.70. The Balaban J connectivity index is 1.64. The second-order valence-electron chi connectivity index (χ2n) is 10.8. The third-order valence-electron chi connectivity index (χ3n) is 8.29. The van der Waals surface area contributed by atoms with E-state index in [1.807, 2.05) is 37.4 Å². The standard InChI is InChI=1S/C29H48N2O3/c1-30-22-27(20-23-12-5-3-6-13-23)31-28(32)24-14-11-17-26(21-24)29(33,18-9-10-19-34-2)25-15-7-4-8-16-25/h4,7-8,15-16,23-24,26-27,30,33H,3,5-6,9-14,17-22H2,1-2H3,(H,31,32). The minimum absolute atomic E-state index is 0.0151. The second-order valence-corrected chi connectivity index (χ2v) is 10.8. The maximum Gasteiger partial charge on any atom is 0.223 e. The lowest BCUT2D eigenvalue weighted by Crippen LogP contribution is -2.47. The fourth-order valence-corrected chi connectivity index (χ4v) is 6.40. The van der Waals surface area contributed by atoms with Gasteiger partial charge in [-0.2, -0.15) is 0 Å². The fourth-order valence-electron chi connectivity index (χ4n) is 6.40. The minimum Gasteiger partial charge on any atom is -0.385 e. The van der Waals surface area contributed by atoms with Gasteiger partial charge < -0.3 is 20.5 Å². The molecule has 0 bridgehead atoms. The molecule has 0 heterocycles. The Morgan fingerprint density at radius 3 is 2.56 bits per heavy atom. The number of likely N-dealkylation sites (N-methyl/N-ethyl adjacent to an activating group) is 1. The van der Waals surface area contributed by atoms with E-state index in [1.165, 1.54) is 32.1 Å². The number of carbonyl (C=O) groups excluding carboxylic acids is 1.